The smallest absolute Gasteiger partial charge is 0.212 e. The number of hydrogen-bond donors (Lipinski definition) is 3. The zero-order valence-corrected chi connectivity index (χ0v) is 22.9. The lowest BCUT2D eigenvalue weighted by atomic mass is 9.70. The Balaban J connectivity index is 1.27. The van der Waals surface area contributed by atoms with Gasteiger partial charge in [0.2, 0.25) is 10.0 Å². The van der Waals surface area contributed by atoms with Gasteiger partial charge in [-0.2, -0.15) is 0 Å². The summed E-state index contributed by atoms with van der Waals surface area (Å²) >= 11 is 1.81. The molecule has 1 aliphatic heterocycles. The molecule has 4 unspecified atom stereocenters. The van der Waals surface area contributed by atoms with Gasteiger partial charge in [0.15, 0.2) is 0 Å². The number of carbonyl (C=O) groups is 1. The van der Waals surface area contributed by atoms with Gasteiger partial charge in [-0.15, -0.1) is 11.8 Å². The van der Waals surface area contributed by atoms with Gasteiger partial charge in [0.05, 0.1) is 5.75 Å². The molecular weight excluding hydrogens is 499 g/mol. The van der Waals surface area contributed by atoms with Gasteiger partial charge in [-0.05, 0) is 73.0 Å². The second-order valence-electron chi connectivity index (χ2n) is 11.7. The summed E-state index contributed by atoms with van der Waals surface area (Å²) in [5, 5.41) is 0. The Morgan fingerprint density at radius 2 is 1.83 bits per heavy atom. The van der Waals surface area contributed by atoms with E-state index in [-0.39, 0.29) is 46.9 Å². The van der Waals surface area contributed by atoms with Crippen molar-refractivity contribution in [2.75, 3.05) is 23.0 Å². The summed E-state index contributed by atoms with van der Waals surface area (Å²) in [6, 6.07) is 6.33. The molecule has 1 aromatic carbocycles. The predicted octanol–water partition coefficient (Wildman–Crippen LogP) is 3.98. The molecule has 0 radical (unpaired) electrons. The highest BCUT2D eigenvalue weighted by atomic mass is 32.2. The van der Waals surface area contributed by atoms with Crippen LogP contribution in [0.15, 0.2) is 24.3 Å². The molecular formula is C26H39FN4O3S2. The average Bonchev–Trinajstić information content (AvgIpc) is 3.42. The zero-order chi connectivity index (χ0) is 25.6. The maximum absolute atomic E-state index is 13.7. The molecule has 3 aliphatic carbocycles. The SMILES string of the molecule is CC1(C)C2CCC1(CS(=O)(=O)NCC1NNC(SCC3CCCCC3)N1c1ccc(F)cc1)C(=O)C2. The Labute approximate surface area is 218 Å². The molecule has 3 N–H and O–H groups in total. The van der Waals surface area contributed by atoms with Crippen LogP contribution in [0.3, 0.4) is 0 Å². The summed E-state index contributed by atoms with van der Waals surface area (Å²) in [6.07, 6.45) is 8.11. The van der Waals surface area contributed by atoms with Crippen molar-refractivity contribution in [2.45, 2.75) is 76.9 Å². The van der Waals surface area contributed by atoms with Crippen LogP contribution < -0.4 is 20.5 Å². The summed E-state index contributed by atoms with van der Waals surface area (Å²) in [4.78, 5) is 15.0. The van der Waals surface area contributed by atoms with Crippen LogP contribution >= 0.6 is 11.8 Å². The van der Waals surface area contributed by atoms with Gasteiger partial charge >= 0.3 is 0 Å². The summed E-state index contributed by atoms with van der Waals surface area (Å²) in [6.45, 7) is 4.25. The number of hydrazine groups is 1. The number of carbonyl (C=O) groups excluding carboxylic acids is 1. The molecule has 0 amide bonds. The lowest BCUT2D eigenvalue weighted by Crippen LogP contribution is -2.50. The topological polar surface area (TPSA) is 90.5 Å². The molecule has 4 aliphatic rings. The number of fused-ring (bicyclic) bond motifs is 2. The van der Waals surface area contributed by atoms with Crippen molar-refractivity contribution < 1.29 is 17.6 Å². The maximum atomic E-state index is 13.7. The van der Waals surface area contributed by atoms with Gasteiger partial charge in [-0.25, -0.2) is 28.4 Å². The van der Waals surface area contributed by atoms with Gasteiger partial charge < -0.3 is 4.90 Å². The molecule has 3 saturated carbocycles. The monoisotopic (exact) mass is 538 g/mol. The van der Waals surface area contributed by atoms with Crippen molar-refractivity contribution in [2.24, 2.45) is 22.7 Å². The predicted molar refractivity (Wildman–Crippen MR) is 142 cm³/mol. The molecule has 0 spiro atoms. The summed E-state index contributed by atoms with van der Waals surface area (Å²) < 4.78 is 43.0. The number of benzene rings is 1. The highest BCUT2D eigenvalue weighted by Crippen LogP contribution is 2.64. The maximum Gasteiger partial charge on any atom is 0.212 e. The third-order valence-electron chi connectivity index (χ3n) is 9.37. The lowest BCUT2D eigenvalue weighted by Gasteiger charge is -2.36. The minimum absolute atomic E-state index is 0.0990. The van der Waals surface area contributed by atoms with Crippen molar-refractivity contribution >= 4 is 33.3 Å². The highest BCUT2D eigenvalue weighted by molar-refractivity contribution is 7.99. The third kappa shape index (κ3) is 4.96. The molecule has 1 heterocycles. The van der Waals surface area contributed by atoms with Gasteiger partial charge in [0.1, 0.15) is 23.3 Å². The van der Waals surface area contributed by atoms with Crippen LogP contribution in [0.2, 0.25) is 0 Å². The van der Waals surface area contributed by atoms with Crippen molar-refractivity contribution in [3.05, 3.63) is 30.1 Å². The van der Waals surface area contributed by atoms with E-state index in [2.05, 4.69) is 34.3 Å². The van der Waals surface area contributed by atoms with E-state index in [1.54, 1.807) is 23.9 Å². The first kappa shape index (κ1) is 26.4. The number of sulfonamides is 1. The number of rotatable bonds is 9. The van der Waals surface area contributed by atoms with Crippen molar-refractivity contribution in [1.82, 2.24) is 15.6 Å². The van der Waals surface area contributed by atoms with Crippen LogP contribution in [0.25, 0.3) is 0 Å². The quantitative estimate of drug-likeness (QED) is 0.438. The Morgan fingerprint density at radius 3 is 2.47 bits per heavy atom. The van der Waals surface area contributed by atoms with Crippen LogP contribution in [0.1, 0.15) is 65.2 Å². The highest BCUT2D eigenvalue weighted by Gasteiger charge is 2.65. The first-order valence-corrected chi connectivity index (χ1v) is 16.0. The summed E-state index contributed by atoms with van der Waals surface area (Å²) in [5.74, 6) is 1.63. The van der Waals surface area contributed by atoms with Gasteiger partial charge in [0.25, 0.3) is 0 Å². The van der Waals surface area contributed by atoms with Crippen LogP contribution in [0.5, 0.6) is 0 Å². The Bertz CT molecular complexity index is 1060. The number of Topliss-reactive ketones (excluding diaryl/α,β-unsaturated/α-hetero) is 1. The van der Waals surface area contributed by atoms with Crippen LogP contribution in [-0.2, 0) is 14.8 Å². The number of hydrogen-bond acceptors (Lipinski definition) is 7. The number of nitrogens with zero attached hydrogens (tertiary/aromatic N) is 1. The van der Waals surface area contributed by atoms with Crippen molar-refractivity contribution in [3.63, 3.8) is 0 Å². The first-order chi connectivity index (χ1) is 17.1. The second kappa shape index (κ2) is 10.2. The Morgan fingerprint density at radius 1 is 1.11 bits per heavy atom. The molecule has 1 saturated heterocycles. The largest absolute Gasteiger partial charge is 0.328 e. The first-order valence-electron chi connectivity index (χ1n) is 13.3. The second-order valence-corrected chi connectivity index (χ2v) is 14.6. The number of ketones is 1. The Hall–Kier alpha value is -1.20. The number of nitrogens with one attached hydrogen (secondary N) is 3. The van der Waals surface area contributed by atoms with Crippen molar-refractivity contribution in [1.29, 1.82) is 0 Å². The van der Waals surface area contributed by atoms with E-state index in [9.17, 15) is 17.6 Å². The fourth-order valence-corrected chi connectivity index (χ4v) is 10.1. The molecule has 10 heteroatoms. The molecule has 36 heavy (non-hydrogen) atoms. The van der Waals surface area contributed by atoms with E-state index >= 15 is 0 Å². The van der Waals surface area contributed by atoms with Gasteiger partial charge in [0, 0.05) is 24.1 Å². The molecule has 2 bridgehead atoms. The molecule has 4 fully saturated rings. The normalized spacial score (nSPS) is 32.5. The van der Waals surface area contributed by atoms with Crippen LogP contribution in [0, 0.1) is 28.5 Å². The van der Waals surface area contributed by atoms with Crippen LogP contribution in [-0.4, -0.2) is 43.9 Å². The standard InChI is InChI=1S/C26H39FN4O3S2/c1-25(2)19-12-13-26(25,22(32)14-19)17-36(33,34)28-15-23-29-30-24(35-16-18-6-4-3-5-7-18)31(23)21-10-8-20(27)9-11-21/h8-11,18-19,23-24,28-30H,3-7,12-17H2,1-2H3. The molecule has 0 aromatic heterocycles. The van der Waals surface area contributed by atoms with Crippen molar-refractivity contribution in [3.8, 4) is 0 Å². The minimum Gasteiger partial charge on any atom is -0.328 e. The number of halogens is 1. The third-order valence-corrected chi connectivity index (χ3v) is 12.2. The van der Waals surface area contributed by atoms with Gasteiger partial charge in [-0.3, -0.25) is 4.79 Å². The van der Waals surface area contributed by atoms with E-state index in [0.29, 0.717) is 18.8 Å². The zero-order valence-electron chi connectivity index (χ0n) is 21.3. The number of thioether (sulfide) groups is 1. The fourth-order valence-electron chi connectivity index (χ4n) is 6.94. The number of anilines is 1. The molecule has 7 nitrogen and oxygen atoms in total. The molecule has 1 aromatic rings. The average molecular weight is 539 g/mol. The fraction of sp³-hybridized carbons (Fsp3) is 0.731. The van der Waals surface area contributed by atoms with E-state index in [0.717, 1.165) is 17.9 Å². The molecule has 4 atom stereocenters. The Kier molecular flexibility index (Phi) is 7.46. The molecule has 200 valence electrons. The van der Waals surface area contributed by atoms with E-state index in [1.807, 2.05) is 0 Å². The van der Waals surface area contributed by atoms with Crippen LogP contribution in [0.4, 0.5) is 10.1 Å². The summed E-state index contributed by atoms with van der Waals surface area (Å²) in [7, 11) is -3.69. The molecule has 5 rings (SSSR count). The minimum atomic E-state index is -3.69. The lowest BCUT2D eigenvalue weighted by molar-refractivity contribution is -0.128. The summed E-state index contributed by atoms with van der Waals surface area (Å²) in [5.41, 5.74) is 6.20. The van der Waals surface area contributed by atoms with E-state index < -0.39 is 15.4 Å². The van der Waals surface area contributed by atoms with E-state index in [1.165, 1.54) is 44.2 Å². The van der Waals surface area contributed by atoms with E-state index in [4.69, 9.17) is 0 Å². The van der Waals surface area contributed by atoms with Gasteiger partial charge in [-0.1, -0.05) is 33.1 Å².